The molecule has 0 fully saturated rings. The molecule has 20 heteroatoms. The Morgan fingerprint density at radius 1 is 0.696 bits per heavy atom. The molecule has 11 N–H and O–H groups in total. The van der Waals surface area contributed by atoms with Gasteiger partial charge in [0.15, 0.2) is 17.4 Å². The largest absolute Gasteiger partial charge is 0.490 e. The van der Waals surface area contributed by atoms with Crippen molar-refractivity contribution in [2.45, 2.75) is 0 Å². The first-order valence-electron chi connectivity index (χ1n) is 4.49. The van der Waals surface area contributed by atoms with Crippen LogP contribution in [0.3, 0.4) is 0 Å². The van der Waals surface area contributed by atoms with E-state index in [-0.39, 0.29) is 35.2 Å². The van der Waals surface area contributed by atoms with Gasteiger partial charge in [0.1, 0.15) is 0 Å². The molecule has 0 aliphatic carbocycles. The van der Waals surface area contributed by atoms with E-state index in [0.29, 0.717) is 0 Å². The molecular weight excluding hydrogens is 400 g/mol. The maximum absolute atomic E-state index is 10.4. The third kappa shape index (κ3) is 14.7. The van der Waals surface area contributed by atoms with E-state index in [9.17, 15) is 13.7 Å². The SMILES string of the molecule is Nc1nc(N)nc(N)n1.O=P(O)(O)OP(=O)(O)OP(=O)(O)O.[AlH3]. The van der Waals surface area contributed by atoms with Gasteiger partial charge in [-0.15, -0.1) is 0 Å². The molecule has 0 aliphatic rings. The number of nitrogens with two attached hydrogens (primary N) is 3. The van der Waals surface area contributed by atoms with Gasteiger partial charge in [-0.3, -0.25) is 0 Å². The lowest BCUT2D eigenvalue weighted by molar-refractivity contribution is 0.204. The zero-order valence-electron chi connectivity index (χ0n) is 10.2. The Balaban J connectivity index is 0. The summed E-state index contributed by atoms with van der Waals surface area (Å²) in [5.41, 5.74) is 15.4. The van der Waals surface area contributed by atoms with Crippen molar-refractivity contribution < 1.29 is 46.8 Å². The summed E-state index contributed by atoms with van der Waals surface area (Å²) in [4.78, 5) is 50.7. The Hall–Kier alpha value is -0.648. The molecule has 0 aliphatic heterocycles. The highest BCUT2D eigenvalue weighted by molar-refractivity contribution is 7.66. The Morgan fingerprint density at radius 3 is 1.09 bits per heavy atom. The summed E-state index contributed by atoms with van der Waals surface area (Å²) in [7, 11) is -16.2. The lowest BCUT2D eigenvalue weighted by Crippen LogP contribution is -2.05. The van der Waals surface area contributed by atoms with Gasteiger partial charge >= 0.3 is 23.5 Å². The Kier molecular flexibility index (Phi) is 9.62. The van der Waals surface area contributed by atoms with Crippen LogP contribution >= 0.6 is 23.5 Å². The minimum atomic E-state index is -5.46. The van der Waals surface area contributed by atoms with E-state index in [1.807, 2.05) is 0 Å². The van der Waals surface area contributed by atoms with E-state index >= 15 is 0 Å². The molecular formula is C3H14AlN6O10P3. The predicted octanol–water partition coefficient (Wildman–Crippen LogP) is -3.26. The van der Waals surface area contributed by atoms with Crippen LogP contribution in [0.1, 0.15) is 0 Å². The molecule has 0 bridgehead atoms. The average Bonchev–Trinajstić information content (AvgIpc) is 2.05. The van der Waals surface area contributed by atoms with Crippen molar-refractivity contribution in [2.24, 2.45) is 0 Å². The van der Waals surface area contributed by atoms with E-state index in [1.165, 1.54) is 0 Å². The van der Waals surface area contributed by atoms with Crippen LogP contribution in [0.15, 0.2) is 0 Å². The van der Waals surface area contributed by atoms with Crippen molar-refractivity contribution >= 4 is 58.7 Å². The van der Waals surface area contributed by atoms with Gasteiger partial charge in [-0.05, 0) is 0 Å². The molecule has 1 aromatic heterocycles. The molecule has 0 saturated carbocycles. The van der Waals surface area contributed by atoms with Gasteiger partial charge in [0.2, 0.25) is 17.8 Å². The first-order chi connectivity index (χ1) is 9.60. The molecule has 0 unspecified atom stereocenters. The third-order valence-electron chi connectivity index (χ3n) is 1.11. The van der Waals surface area contributed by atoms with Crippen LogP contribution in [0, 0.1) is 0 Å². The van der Waals surface area contributed by atoms with Crippen LogP contribution in [0.4, 0.5) is 17.8 Å². The molecule has 0 atom stereocenters. The molecule has 16 nitrogen and oxygen atoms in total. The van der Waals surface area contributed by atoms with Gasteiger partial charge in [0.05, 0.1) is 0 Å². The van der Waals surface area contributed by atoms with Crippen LogP contribution < -0.4 is 17.2 Å². The van der Waals surface area contributed by atoms with Gasteiger partial charge < -0.3 is 41.7 Å². The van der Waals surface area contributed by atoms with Crippen LogP contribution in [0.25, 0.3) is 0 Å². The molecule has 134 valence electrons. The lowest BCUT2D eigenvalue weighted by atomic mass is 10.9. The first-order valence-corrected chi connectivity index (χ1v) is 9.04. The second kappa shape index (κ2) is 9.00. The number of hydrogen-bond acceptors (Lipinski definition) is 11. The Bertz CT molecular complexity index is 581. The second-order valence-electron chi connectivity index (χ2n) is 3.02. The average molecular weight is 414 g/mol. The molecule has 1 aromatic rings. The molecule has 0 amide bonds. The lowest BCUT2D eigenvalue weighted by Gasteiger charge is -2.11. The van der Waals surface area contributed by atoms with Gasteiger partial charge in [-0.2, -0.15) is 23.6 Å². The number of hydrogen-bond donors (Lipinski definition) is 8. The highest BCUT2D eigenvalue weighted by Gasteiger charge is 2.38. The monoisotopic (exact) mass is 414 g/mol. The summed E-state index contributed by atoms with van der Waals surface area (Å²) >= 11 is 0. The van der Waals surface area contributed by atoms with Crippen molar-refractivity contribution in [3.05, 3.63) is 0 Å². The highest BCUT2D eigenvalue weighted by atomic mass is 31.3. The smallest absolute Gasteiger partial charge is 0.368 e. The third-order valence-corrected chi connectivity index (χ3v) is 4.46. The fourth-order valence-corrected chi connectivity index (χ4v) is 3.25. The number of nitrogens with zero attached hydrogens (tertiary/aromatic N) is 3. The number of aromatic nitrogens is 3. The molecule has 1 heterocycles. The van der Waals surface area contributed by atoms with Crippen molar-refractivity contribution in [1.29, 1.82) is 0 Å². The van der Waals surface area contributed by atoms with Crippen LogP contribution in [0.5, 0.6) is 0 Å². The van der Waals surface area contributed by atoms with E-state index in [4.69, 9.17) is 41.7 Å². The summed E-state index contributed by atoms with van der Waals surface area (Å²) < 4.78 is 36.4. The van der Waals surface area contributed by atoms with E-state index in [0.717, 1.165) is 0 Å². The van der Waals surface area contributed by atoms with Gasteiger partial charge in [-0.1, -0.05) is 0 Å². The summed E-state index contributed by atoms with van der Waals surface area (Å²) in [5.74, 6) is 0.125. The van der Waals surface area contributed by atoms with Crippen molar-refractivity contribution in [1.82, 2.24) is 15.0 Å². The molecule has 0 saturated heterocycles. The fourth-order valence-electron chi connectivity index (χ4n) is 0.711. The van der Waals surface area contributed by atoms with Crippen molar-refractivity contribution in [3.8, 4) is 0 Å². The minimum Gasteiger partial charge on any atom is -0.368 e. The predicted molar refractivity (Wildman–Crippen MR) is 79.1 cm³/mol. The maximum Gasteiger partial charge on any atom is 0.490 e. The van der Waals surface area contributed by atoms with Gasteiger partial charge in [-0.25, -0.2) is 13.7 Å². The summed E-state index contributed by atoms with van der Waals surface area (Å²) in [6.45, 7) is 0. The van der Waals surface area contributed by atoms with Crippen LogP contribution in [-0.4, -0.2) is 56.8 Å². The zero-order valence-corrected chi connectivity index (χ0v) is 12.9. The molecule has 23 heavy (non-hydrogen) atoms. The number of rotatable bonds is 4. The second-order valence-corrected chi connectivity index (χ2v) is 7.23. The number of anilines is 3. The minimum absolute atomic E-state index is 0. The summed E-state index contributed by atoms with van der Waals surface area (Å²) in [5, 5.41) is 0. The molecule has 0 aromatic carbocycles. The van der Waals surface area contributed by atoms with Crippen LogP contribution in [0.2, 0.25) is 0 Å². The fraction of sp³-hybridized carbons (Fsp3) is 0. The van der Waals surface area contributed by atoms with E-state index in [1.54, 1.807) is 0 Å². The van der Waals surface area contributed by atoms with Gasteiger partial charge in [0.25, 0.3) is 0 Å². The standard InChI is InChI=1S/C3H6N6.Al.H5O10P3.3H/c4-1-7-2(5)9-3(6)8-1;;1-11(2,3)9-13(7,8)10-12(4,5)6;;;/h(H6,4,5,6,7,8,9);;(H,7,8)(H2,1,2,3)(H2,4,5,6);;;. The van der Waals surface area contributed by atoms with Crippen LogP contribution in [-0.2, 0) is 22.3 Å². The van der Waals surface area contributed by atoms with Gasteiger partial charge in [0, 0.05) is 0 Å². The maximum atomic E-state index is 10.4. The number of phosphoric acid groups is 3. The molecule has 0 radical (unpaired) electrons. The molecule has 0 spiro atoms. The molecule has 1 rings (SSSR count). The highest BCUT2D eigenvalue weighted by Crippen LogP contribution is 2.64. The topological polar surface area (TPSA) is 288 Å². The quantitative estimate of drug-likeness (QED) is 0.177. The van der Waals surface area contributed by atoms with E-state index < -0.39 is 23.5 Å². The Labute approximate surface area is 138 Å². The zero-order chi connectivity index (χ0) is 17.8. The summed E-state index contributed by atoms with van der Waals surface area (Å²) in [6, 6.07) is 0. The first kappa shape index (κ1) is 24.6. The normalized spacial score (nSPS) is 11.9. The Morgan fingerprint density at radius 2 is 0.913 bits per heavy atom. The van der Waals surface area contributed by atoms with Crippen molar-refractivity contribution in [2.75, 3.05) is 17.2 Å². The number of nitrogen functional groups attached to an aromatic ring is 3. The van der Waals surface area contributed by atoms with E-state index in [2.05, 4.69) is 23.6 Å². The van der Waals surface area contributed by atoms with Crippen molar-refractivity contribution in [3.63, 3.8) is 0 Å². The summed E-state index contributed by atoms with van der Waals surface area (Å²) in [6.07, 6.45) is 0.